The van der Waals surface area contributed by atoms with Crippen LogP contribution in [0.25, 0.3) is 0 Å². The van der Waals surface area contributed by atoms with Crippen molar-refractivity contribution in [2.45, 2.75) is 19.4 Å². The molecule has 52 valence electrons. The zero-order valence-corrected chi connectivity index (χ0v) is 7.22. The highest BCUT2D eigenvalue weighted by molar-refractivity contribution is 8.03. The molecule has 0 fully saturated rings. The van der Waals surface area contributed by atoms with Crippen LogP contribution in [0.15, 0.2) is 0 Å². The maximum absolute atomic E-state index is 3.09. The molecule has 0 aliphatic heterocycles. The summed E-state index contributed by atoms with van der Waals surface area (Å²) in [6, 6.07) is 0. The number of hydrogen-bond acceptors (Lipinski definition) is 2. The number of hydrogen-bond donors (Lipinski definition) is 1. The van der Waals surface area contributed by atoms with Crippen molar-refractivity contribution in [2.24, 2.45) is 0 Å². The van der Waals surface area contributed by atoms with Crippen LogP contribution < -0.4 is 5.32 Å². The third-order valence-electron chi connectivity index (χ3n) is 1.09. The van der Waals surface area contributed by atoms with E-state index in [-0.39, 0.29) is 5.54 Å². The topological polar surface area (TPSA) is 12.0 Å². The predicted molar refractivity (Wildman–Crippen MR) is 44.4 cm³/mol. The molecule has 0 aromatic rings. The first kappa shape index (κ1) is 8.87. The molecule has 0 unspecified atom stereocenters. The van der Waals surface area contributed by atoms with Crippen molar-refractivity contribution >= 4 is 11.8 Å². The largest absolute Gasteiger partial charge is 0.305 e. The summed E-state index contributed by atoms with van der Waals surface area (Å²) in [5.41, 5.74) is -0.0387. The Bertz CT molecular complexity index is 130. The molecule has 0 aromatic heterocycles. The highest BCUT2D eigenvalue weighted by Gasteiger charge is 2.07. The molecule has 1 nitrogen and oxygen atoms in total. The molecule has 0 aliphatic carbocycles. The lowest BCUT2D eigenvalue weighted by molar-refractivity contribution is 0.548. The molecule has 0 radical (unpaired) electrons. The molecule has 0 spiro atoms. The van der Waals surface area contributed by atoms with E-state index in [0.29, 0.717) is 0 Å². The van der Waals surface area contributed by atoms with Gasteiger partial charge in [-0.1, -0.05) is 17.7 Å². The van der Waals surface area contributed by atoms with E-state index in [1.165, 1.54) is 0 Å². The van der Waals surface area contributed by atoms with Crippen LogP contribution in [-0.4, -0.2) is 18.8 Å². The lowest BCUT2D eigenvalue weighted by atomic mass is 10.1. The third-order valence-corrected chi connectivity index (χ3v) is 1.40. The molecule has 2 heteroatoms. The summed E-state index contributed by atoms with van der Waals surface area (Å²) in [4.78, 5) is 0. The molecule has 0 saturated heterocycles. The second kappa shape index (κ2) is 3.81. The fourth-order valence-corrected chi connectivity index (χ4v) is 0.598. The minimum Gasteiger partial charge on any atom is -0.305 e. The molecular weight excluding hydrogens is 130 g/mol. The van der Waals surface area contributed by atoms with Crippen LogP contribution in [-0.2, 0) is 0 Å². The van der Waals surface area contributed by atoms with Crippen LogP contribution in [0.1, 0.15) is 13.8 Å². The molecule has 0 heterocycles. The summed E-state index contributed by atoms with van der Waals surface area (Å²) in [5.74, 6) is 3.06. The summed E-state index contributed by atoms with van der Waals surface area (Å²) >= 11 is 1.54. The van der Waals surface area contributed by atoms with E-state index < -0.39 is 0 Å². The Morgan fingerprint density at radius 2 is 2.00 bits per heavy atom. The summed E-state index contributed by atoms with van der Waals surface area (Å²) in [5, 5.41) is 6.03. The zero-order chi connectivity index (χ0) is 7.33. The summed E-state index contributed by atoms with van der Waals surface area (Å²) in [7, 11) is 1.91. The van der Waals surface area contributed by atoms with E-state index >= 15 is 0 Å². The number of thioether (sulfide) groups is 1. The lowest BCUT2D eigenvalue weighted by Gasteiger charge is -2.14. The van der Waals surface area contributed by atoms with E-state index in [0.717, 1.165) is 0 Å². The SMILES string of the molecule is CNC(C)(C)C#CSC. The fraction of sp³-hybridized carbons (Fsp3) is 0.714. The van der Waals surface area contributed by atoms with Crippen LogP contribution in [0.3, 0.4) is 0 Å². The minimum atomic E-state index is -0.0387. The Kier molecular flexibility index (Phi) is 3.76. The second-order valence-electron chi connectivity index (χ2n) is 2.31. The Morgan fingerprint density at radius 3 is 2.33 bits per heavy atom. The first-order valence-corrected chi connectivity index (χ1v) is 4.09. The van der Waals surface area contributed by atoms with E-state index in [1.54, 1.807) is 11.8 Å². The van der Waals surface area contributed by atoms with Crippen LogP contribution in [0.4, 0.5) is 0 Å². The van der Waals surface area contributed by atoms with E-state index in [4.69, 9.17) is 0 Å². The first-order chi connectivity index (χ1) is 4.12. The average molecular weight is 143 g/mol. The molecule has 0 aromatic carbocycles. The fourth-order valence-electron chi connectivity index (χ4n) is 0.241. The van der Waals surface area contributed by atoms with Gasteiger partial charge in [-0.05, 0) is 32.4 Å². The van der Waals surface area contributed by atoms with Crippen molar-refractivity contribution in [2.75, 3.05) is 13.3 Å². The van der Waals surface area contributed by atoms with E-state index in [1.807, 2.05) is 13.3 Å². The Balaban J connectivity index is 3.84. The zero-order valence-electron chi connectivity index (χ0n) is 6.41. The quantitative estimate of drug-likeness (QED) is 0.555. The van der Waals surface area contributed by atoms with Gasteiger partial charge in [0.05, 0.1) is 5.54 Å². The van der Waals surface area contributed by atoms with Crippen molar-refractivity contribution in [3.8, 4) is 11.2 Å². The van der Waals surface area contributed by atoms with Crippen molar-refractivity contribution in [3.63, 3.8) is 0 Å². The van der Waals surface area contributed by atoms with Crippen molar-refractivity contribution in [1.29, 1.82) is 0 Å². The van der Waals surface area contributed by atoms with E-state index in [9.17, 15) is 0 Å². The molecule has 0 amide bonds. The van der Waals surface area contributed by atoms with Gasteiger partial charge in [0.25, 0.3) is 0 Å². The van der Waals surface area contributed by atoms with Gasteiger partial charge in [-0.15, -0.1) is 0 Å². The standard InChI is InChI=1S/C7H13NS/c1-7(2,8-3)5-6-9-4/h8H,1-4H3. The maximum atomic E-state index is 3.09. The first-order valence-electron chi connectivity index (χ1n) is 2.86. The van der Waals surface area contributed by atoms with Gasteiger partial charge in [0, 0.05) is 0 Å². The number of rotatable bonds is 1. The smallest absolute Gasteiger partial charge is 0.0750 e. The summed E-state index contributed by atoms with van der Waals surface area (Å²) in [6.07, 6.45) is 1.97. The van der Waals surface area contributed by atoms with Gasteiger partial charge < -0.3 is 5.32 Å². The normalized spacial score (nSPS) is 10.2. The Hall–Kier alpha value is -0.130. The van der Waals surface area contributed by atoms with Gasteiger partial charge >= 0.3 is 0 Å². The second-order valence-corrected chi connectivity index (χ2v) is 2.92. The number of nitrogens with one attached hydrogen (secondary N) is 1. The molecule has 9 heavy (non-hydrogen) atoms. The van der Waals surface area contributed by atoms with Gasteiger partial charge in [-0.3, -0.25) is 0 Å². The van der Waals surface area contributed by atoms with Gasteiger partial charge in [0.1, 0.15) is 0 Å². The lowest BCUT2D eigenvalue weighted by Crippen LogP contribution is -2.34. The van der Waals surface area contributed by atoms with Crippen molar-refractivity contribution in [3.05, 3.63) is 0 Å². The third kappa shape index (κ3) is 4.38. The monoisotopic (exact) mass is 143 g/mol. The highest BCUT2D eigenvalue weighted by atomic mass is 32.2. The molecule has 0 atom stereocenters. The van der Waals surface area contributed by atoms with Gasteiger partial charge in [0.2, 0.25) is 0 Å². The van der Waals surface area contributed by atoms with Crippen LogP contribution >= 0.6 is 11.8 Å². The van der Waals surface area contributed by atoms with Crippen LogP contribution in [0, 0.1) is 11.2 Å². The minimum absolute atomic E-state index is 0.0387. The Labute approximate surface area is 61.6 Å². The highest BCUT2D eigenvalue weighted by Crippen LogP contribution is 1.98. The molecular formula is C7H13NS. The molecule has 0 bridgehead atoms. The van der Waals surface area contributed by atoms with Gasteiger partial charge in [0.15, 0.2) is 0 Å². The summed E-state index contributed by atoms with van der Waals surface area (Å²) in [6.45, 7) is 4.10. The molecule has 0 rings (SSSR count). The maximum Gasteiger partial charge on any atom is 0.0750 e. The predicted octanol–water partition coefficient (Wildman–Crippen LogP) is 1.31. The molecule has 1 N–H and O–H groups in total. The summed E-state index contributed by atoms with van der Waals surface area (Å²) < 4.78 is 0. The van der Waals surface area contributed by atoms with Gasteiger partial charge in [-0.25, -0.2) is 0 Å². The van der Waals surface area contributed by atoms with Crippen LogP contribution in [0.5, 0.6) is 0 Å². The molecule has 0 aliphatic rings. The average Bonchev–Trinajstić information content (AvgIpc) is 1.84. The molecule has 0 saturated carbocycles. The van der Waals surface area contributed by atoms with Crippen molar-refractivity contribution in [1.82, 2.24) is 5.32 Å². The van der Waals surface area contributed by atoms with Crippen molar-refractivity contribution < 1.29 is 0 Å². The van der Waals surface area contributed by atoms with E-state index in [2.05, 4.69) is 30.3 Å². The Morgan fingerprint density at radius 1 is 1.44 bits per heavy atom. The van der Waals surface area contributed by atoms with Gasteiger partial charge in [-0.2, -0.15) is 0 Å². The van der Waals surface area contributed by atoms with Crippen LogP contribution in [0.2, 0.25) is 0 Å².